The Hall–Kier alpha value is -1.14. The Labute approximate surface area is 121 Å². The molecule has 6 heteroatoms. The molecule has 20 heavy (non-hydrogen) atoms. The third-order valence-electron chi connectivity index (χ3n) is 3.66. The summed E-state index contributed by atoms with van der Waals surface area (Å²) in [6.45, 7) is 4.94. The molecule has 0 aliphatic heterocycles. The zero-order valence-electron chi connectivity index (χ0n) is 12.1. The summed E-state index contributed by atoms with van der Waals surface area (Å²) >= 11 is 0. The summed E-state index contributed by atoms with van der Waals surface area (Å²) in [4.78, 5) is 4.19. The Morgan fingerprint density at radius 2 is 2.20 bits per heavy atom. The highest BCUT2D eigenvalue weighted by molar-refractivity contribution is 7.89. The lowest BCUT2D eigenvalue weighted by atomic mass is 10.1. The van der Waals surface area contributed by atoms with Crippen LogP contribution < -0.4 is 10.0 Å². The topological polar surface area (TPSA) is 71.1 Å². The van der Waals surface area contributed by atoms with Gasteiger partial charge in [0.15, 0.2) is 0 Å². The fourth-order valence-corrected chi connectivity index (χ4v) is 4.01. The maximum atomic E-state index is 12.5. The molecular formula is C14H23N3O2S. The second kappa shape index (κ2) is 6.54. The number of hydrogen-bond acceptors (Lipinski definition) is 4. The minimum atomic E-state index is -3.50. The van der Waals surface area contributed by atoms with Crippen LogP contribution in [0.3, 0.4) is 0 Å². The van der Waals surface area contributed by atoms with Crippen molar-refractivity contribution < 1.29 is 8.42 Å². The number of hydrogen-bond donors (Lipinski definition) is 2. The molecule has 2 rings (SSSR count). The van der Waals surface area contributed by atoms with Crippen LogP contribution in [0.4, 0.5) is 5.69 Å². The monoisotopic (exact) mass is 297 g/mol. The van der Waals surface area contributed by atoms with E-state index >= 15 is 0 Å². The van der Waals surface area contributed by atoms with Gasteiger partial charge in [-0.15, -0.1) is 0 Å². The Kier molecular flexibility index (Phi) is 4.99. The van der Waals surface area contributed by atoms with Gasteiger partial charge in [-0.2, -0.15) is 0 Å². The fraction of sp³-hybridized carbons (Fsp3) is 0.643. The minimum absolute atomic E-state index is 0.0502. The van der Waals surface area contributed by atoms with Crippen molar-refractivity contribution in [3.8, 4) is 0 Å². The molecule has 1 aliphatic rings. The predicted octanol–water partition coefficient (Wildman–Crippen LogP) is 2.37. The van der Waals surface area contributed by atoms with Crippen molar-refractivity contribution in [3.05, 3.63) is 18.5 Å². The van der Waals surface area contributed by atoms with E-state index in [-0.39, 0.29) is 10.9 Å². The van der Waals surface area contributed by atoms with Gasteiger partial charge < -0.3 is 5.32 Å². The first-order chi connectivity index (χ1) is 9.53. The molecule has 0 aromatic carbocycles. The Morgan fingerprint density at radius 1 is 1.40 bits per heavy atom. The van der Waals surface area contributed by atoms with Crippen molar-refractivity contribution >= 4 is 15.7 Å². The van der Waals surface area contributed by atoms with Gasteiger partial charge in [-0.25, -0.2) is 13.1 Å². The molecule has 2 atom stereocenters. The summed E-state index contributed by atoms with van der Waals surface area (Å²) in [5, 5.41) is 3.14. The van der Waals surface area contributed by atoms with Crippen molar-refractivity contribution in [2.24, 2.45) is 5.92 Å². The number of sulfonamides is 1. The lowest BCUT2D eigenvalue weighted by Crippen LogP contribution is -2.33. The van der Waals surface area contributed by atoms with E-state index in [2.05, 4.69) is 21.9 Å². The van der Waals surface area contributed by atoms with Crippen molar-refractivity contribution in [1.29, 1.82) is 0 Å². The first kappa shape index (κ1) is 15.3. The van der Waals surface area contributed by atoms with Crippen LogP contribution >= 0.6 is 0 Å². The van der Waals surface area contributed by atoms with Gasteiger partial charge in [0.1, 0.15) is 4.90 Å². The number of rotatable bonds is 6. The average Bonchev–Trinajstić information content (AvgIpc) is 2.81. The van der Waals surface area contributed by atoms with Crippen LogP contribution in [0, 0.1) is 5.92 Å². The second-order valence-corrected chi connectivity index (χ2v) is 7.22. The molecule has 112 valence electrons. The first-order valence-electron chi connectivity index (χ1n) is 7.23. The van der Waals surface area contributed by atoms with E-state index in [1.807, 2.05) is 6.92 Å². The molecule has 0 spiro atoms. The molecule has 0 bridgehead atoms. The van der Waals surface area contributed by atoms with Crippen LogP contribution in [0.5, 0.6) is 0 Å². The van der Waals surface area contributed by atoms with Gasteiger partial charge >= 0.3 is 0 Å². The number of nitrogens with zero attached hydrogens (tertiary/aromatic N) is 1. The molecule has 0 saturated heterocycles. The van der Waals surface area contributed by atoms with Crippen LogP contribution in [0.1, 0.15) is 39.5 Å². The van der Waals surface area contributed by atoms with Gasteiger partial charge in [-0.3, -0.25) is 4.98 Å². The number of nitrogens with one attached hydrogen (secondary N) is 2. The first-order valence-corrected chi connectivity index (χ1v) is 8.71. The molecule has 2 unspecified atom stereocenters. The van der Waals surface area contributed by atoms with E-state index in [9.17, 15) is 8.42 Å². The molecule has 1 fully saturated rings. The van der Waals surface area contributed by atoms with E-state index < -0.39 is 10.0 Å². The highest BCUT2D eigenvalue weighted by Crippen LogP contribution is 2.27. The third-order valence-corrected chi connectivity index (χ3v) is 5.20. The molecule has 1 saturated carbocycles. The lowest BCUT2D eigenvalue weighted by molar-refractivity contribution is 0.538. The van der Waals surface area contributed by atoms with Crippen LogP contribution in [-0.2, 0) is 10.0 Å². The summed E-state index contributed by atoms with van der Waals surface area (Å²) in [6.07, 6.45) is 6.87. The Bertz CT molecular complexity index is 545. The van der Waals surface area contributed by atoms with Crippen molar-refractivity contribution in [1.82, 2.24) is 9.71 Å². The third kappa shape index (κ3) is 3.70. The van der Waals surface area contributed by atoms with Crippen LogP contribution in [0.15, 0.2) is 23.4 Å². The molecule has 1 aromatic rings. The molecule has 1 aliphatic carbocycles. The van der Waals surface area contributed by atoms with Crippen molar-refractivity contribution in [3.63, 3.8) is 0 Å². The zero-order valence-corrected chi connectivity index (χ0v) is 12.9. The van der Waals surface area contributed by atoms with Gasteiger partial charge in [-0.05, 0) is 37.7 Å². The molecule has 1 aromatic heterocycles. The summed E-state index contributed by atoms with van der Waals surface area (Å²) < 4.78 is 27.8. The van der Waals surface area contributed by atoms with E-state index in [4.69, 9.17) is 0 Å². The Balaban J connectivity index is 2.16. The molecule has 0 radical (unpaired) electrons. The van der Waals surface area contributed by atoms with E-state index in [0.29, 0.717) is 11.6 Å². The summed E-state index contributed by atoms with van der Waals surface area (Å²) in [6, 6.07) is 1.76. The Morgan fingerprint density at radius 3 is 2.85 bits per heavy atom. The second-order valence-electron chi connectivity index (χ2n) is 5.54. The molecule has 0 amide bonds. The number of pyridine rings is 1. The molecule has 1 heterocycles. The maximum absolute atomic E-state index is 12.5. The summed E-state index contributed by atoms with van der Waals surface area (Å²) in [5.74, 6) is 0.592. The zero-order chi connectivity index (χ0) is 14.6. The normalized spacial score (nSPS) is 22.9. The predicted molar refractivity (Wildman–Crippen MR) is 80.1 cm³/mol. The van der Waals surface area contributed by atoms with Gasteiger partial charge in [0, 0.05) is 25.0 Å². The van der Waals surface area contributed by atoms with E-state index in [1.165, 1.54) is 6.20 Å². The molecular weight excluding hydrogens is 274 g/mol. The van der Waals surface area contributed by atoms with Crippen LogP contribution in [-0.4, -0.2) is 26.0 Å². The summed E-state index contributed by atoms with van der Waals surface area (Å²) in [5.41, 5.74) is 0.625. The highest BCUT2D eigenvalue weighted by Gasteiger charge is 2.27. The minimum Gasteiger partial charge on any atom is -0.384 e. The molecule has 2 N–H and O–H groups in total. The number of aromatic nitrogens is 1. The van der Waals surface area contributed by atoms with Gasteiger partial charge in [0.2, 0.25) is 10.0 Å². The maximum Gasteiger partial charge on any atom is 0.244 e. The van der Waals surface area contributed by atoms with Crippen molar-refractivity contribution in [2.45, 2.75) is 50.5 Å². The lowest BCUT2D eigenvalue weighted by Gasteiger charge is -2.15. The van der Waals surface area contributed by atoms with E-state index in [1.54, 1.807) is 12.3 Å². The quantitative estimate of drug-likeness (QED) is 0.845. The van der Waals surface area contributed by atoms with E-state index in [0.717, 1.165) is 32.2 Å². The smallest absolute Gasteiger partial charge is 0.244 e. The van der Waals surface area contributed by atoms with Gasteiger partial charge in [0.25, 0.3) is 0 Å². The number of anilines is 1. The summed E-state index contributed by atoms with van der Waals surface area (Å²) in [7, 11) is -3.50. The highest BCUT2D eigenvalue weighted by atomic mass is 32.2. The van der Waals surface area contributed by atoms with Gasteiger partial charge in [0.05, 0.1) is 5.69 Å². The van der Waals surface area contributed by atoms with Crippen LogP contribution in [0.2, 0.25) is 0 Å². The SMILES string of the molecule is CCCNc1ccncc1S(=O)(=O)NC1CCC(C)C1. The average molecular weight is 297 g/mol. The van der Waals surface area contributed by atoms with Crippen LogP contribution in [0.25, 0.3) is 0 Å². The fourth-order valence-electron chi connectivity index (χ4n) is 2.60. The standard InChI is InChI=1S/C14H23N3O2S/c1-3-7-16-13-6-8-15-10-14(13)20(18,19)17-12-5-4-11(2)9-12/h6,8,10-12,17H,3-5,7,9H2,1-2H3,(H,15,16). The van der Waals surface area contributed by atoms with Gasteiger partial charge in [-0.1, -0.05) is 13.8 Å². The van der Waals surface area contributed by atoms with Crippen molar-refractivity contribution in [2.75, 3.05) is 11.9 Å². The largest absolute Gasteiger partial charge is 0.384 e. The molecule has 5 nitrogen and oxygen atoms in total.